The van der Waals surface area contributed by atoms with Crippen LogP contribution in [0.3, 0.4) is 0 Å². The van der Waals surface area contributed by atoms with Gasteiger partial charge in [0, 0.05) is 103 Å². The molecule has 628 valence electrons. The minimum atomic E-state index is -0.508. The summed E-state index contributed by atoms with van der Waals surface area (Å²) in [5.41, 5.74) is 54.2. The predicted octanol–water partition coefficient (Wildman–Crippen LogP) is 21.5. The molecule has 0 saturated heterocycles. The Labute approximate surface area is 742 Å². The lowest BCUT2D eigenvalue weighted by Gasteiger charge is -2.14. The second-order valence-electron chi connectivity index (χ2n) is 28.2. The number of aryl methyl sites for hydroxylation is 5. The Hall–Kier alpha value is -9.84. The zero-order chi connectivity index (χ0) is 87.2. The van der Waals surface area contributed by atoms with Crippen molar-refractivity contribution in [1.29, 1.82) is 0 Å². The molecule has 2 aliphatic heterocycles. The van der Waals surface area contributed by atoms with E-state index < -0.39 is 11.6 Å². The molecule has 0 spiro atoms. The third kappa shape index (κ3) is 20.8. The maximum Gasteiger partial charge on any atom is 0.220 e. The van der Waals surface area contributed by atoms with Crippen molar-refractivity contribution in [2.45, 2.75) is 126 Å². The van der Waals surface area contributed by atoms with Crippen LogP contribution in [0.4, 0.5) is 44.5 Å². The highest BCUT2D eigenvalue weighted by Crippen LogP contribution is 2.48. The summed E-state index contributed by atoms with van der Waals surface area (Å²) in [6.07, 6.45) is 7.06. The van der Waals surface area contributed by atoms with E-state index in [1.165, 1.54) is 25.3 Å². The number of fused-ring (bicyclic) bond motifs is 4. The Balaban J connectivity index is 0.000000141. The molecule has 0 saturated carbocycles. The van der Waals surface area contributed by atoms with Gasteiger partial charge in [0.25, 0.3) is 0 Å². The van der Waals surface area contributed by atoms with E-state index in [0.717, 1.165) is 153 Å². The van der Waals surface area contributed by atoms with Gasteiger partial charge in [0.15, 0.2) is 23.1 Å². The number of hydrogen-bond donors (Lipinski definition) is 6. The van der Waals surface area contributed by atoms with E-state index in [1.807, 2.05) is 47.6 Å². The summed E-state index contributed by atoms with van der Waals surface area (Å²) in [6.45, 7) is 18.4. The summed E-state index contributed by atoms with van der Waals surface area (Å²) in [4.78, 5) is 50.8. The zero-order valence-corrected chi connectivity index (χ0v) is 74.5. The van der Waals surface area contributed by atoms with Gasteiger partial charge < -0.3 is 62.8 Å². The summed E-state index contributed by atoms with van der Waals surface area (Å²) < 4.78 is 59.5. The first-order valence-electron chi connectivity index (χ1n) is 37.3. The van der Waals surface area contributed by atoms with Crippen LogP contribution in [-0.2, 0) is 38.5 Å². The van der Waals surface area contributed by atoms with E-state index in [1.54, 1.807) is 69.7 Å². The number of methoxy groups -OCH3 is 3. The third-order valence-electron chi connectivity index (χ3n) is 19.4. The van der Waals surface area contributed by atoms with Crippen molar-refractivity contribution in [2.24, 2.45) is 0 Å². The van der Waals surface area contributed by atoms with Gasteiger partial charge in [-0.2, -0.15) is 0 Å². The second-order valence-corrected chi connectivity index (χ2v) is 32.3. The van der Waals surface area contributed by atoms with Crippen LogP contribution in [0.15, 0.2) is 72.8 Å². The molecule has 16 rings (SSSR count). The van der Waals surface area contributed by atoms with Crippen molar-refractivity contribution in [2.75, 3.05) is 68.9 Å². The molecule has 4 aliphatic rings. The van der Waals surface area contributed by atoms with Gasteiger partial charge in [-0.3, -0.25) is 0 Å². The van der Waals surface area contributed by atoms with E-state index in [9.17, 15) is 8.78 Å². The lowest BCUT2D eigenvalue weighted by atomic mass is 9.98. The fourth-order valence-corrected chi connectivity index (χ4v) is 16.5. The highest BCUT2D eigenvalue weighted by atomic mass is 35.5. The normalized spacial score (nSPS) is 12.5. The van der Waals surface area contributed by atoms with Crippen LogP contribution in [0.25, 0.3) is 67.5 Å². The maximum absolute atomic E-state index is 13.8. The monoisotopic (exact) mass is 1830 g/mol. The van der Waals surface area contributed by atoms with Crippen molar-refractivity contribution in [3.8, 4) is 102 Å². The standard InChI is InChI=1S/C15H15Cl2N3O.2C14H13Cl2N3O.C14H13ClFN3O.C14H15ClFN3O.C13H13Cl2N3O/c1-7(2)11-6-12(20-15(18)19-11)13-8-3-4-21-14(8)10(17)5-9(13)16;1-6-7(2)18-14(17)19-12(6)11-8-3-4-20-13(8)10(16)5-9(11)15;2*1-20-12-5-8(9(15)6-10(12)16)13-7-3-2-4-11(7)18-14(17)19-13;1-7(2)20-13-5-9(10(15)6-11(13)16)12-4-8(3)18-14(17)19-12;1-6-7(2)17-13(16)18-12(6)8-4-11(19-3)10(15)5-9(8)14/h5-7H,3-4H2,1-2H3,(H2,18,19,20);5H,3-4H2,1-2H3,(H2,17,18,19);2*5-6H,2-4H2,1H3,(H2,17,18,19);4-7H,1-3H3,(H2,17,18,19);4-5H,1-3H3,(H2,16,17,18). The number of ether oxygens (including phenoxy) is 6. The lowest BCUT2D eigenvalue weighted by Crippen LogP contribution is -2.07. The fraction of sp³-hybridized carbons (Fsp3) is 0.286. The Morgan fingerprint density at radius 2 is 0.742 bits per heavy atom. The molecule has 8 heterocycles. The van der Waals surface area contributed by atoms with Gasteiger partial charge >= 0.3 is 0 Å². The van der Waals surface area contributed by atoms with Crippen LogP contribution in [-0.4, -0.2) is 100 Å². The Kier molecular flexibility index (Phi) is 29.8. The van der Waals surface area contributed by atoms with Crippen molar-refractivity contribution in [3.63, 3.8) is 0 Å². The van der Waals surface area contributed by atoms with E-state index >= 15 is 0 Å². The molecular weight excluding hydrogens is 1750 g/mol. The first kappa shape index (κ1) is 90.9. The minimum Gasteiger partial charge on any atom is -0.495 e. The van der Waals surface area contributed by atoms with Crippen molar-refractivity contribution < 1.29 is 37.2 Å². The molecule has 0 radical (unpaired) electrons. The Morgan fingerprint density at radius 3 is 1.23 bits per heavy atom. The molecule has 120 heavy (non-hydrogen) atoms. The van der Waals surface area contributed by atoms with Gasteiger partial charge in [0.2, 0.25) is 35.7 Å². The number of halogens is 12. The van der Waals surface area contributed by atoms with Gasteiger partial charge in [0.05, 0.1) is 125 Å². The number of anilines is 6. The molecule has 0 atom stereocenters. The topological polar surface area (TPSA) is 366 Å². The SMILES string of the molecule is CC(C)c1cc(-c2c(Cl)cc(Cl)c3c2CCO3)nc(N)n1.COc1cc(-c2nc(N)nc(C)c2C)c(Cl)cc1Cl.COc1cc(-c2nc(N)nc3c2CCC3)c(Cl)cc1Cl.COc1cc(-c2nc(N)nc3c2CCC3)c(Cl)cc1F.Cc1cc(-c2cc(OC(C)C)c(F)cc2Cl)nc(N)n1.Cc1nc(N)nc(-c2c(Cl)cc(Cl)c3c2CCO3)c1C. The first-order valence-corrected chi connectivity index (χ1v) is 41.1. The summed E-state index contributed by atoms with van der Waals surface area (Å²) >= 11 is 62.0. The lowest BCUT2D eigenvalue weighted by molar-refractivity contribution is 0.231. The van der Waals surface area contributed by atoms with E-state index in [4.69, 9.17) is 179 Å². The minimum absolute atomic E-state index is 0.133. The Morgan fingerprint density at radius 1 is 0.350 bits per heavy atom. The molecule has 2 aliphatic carbocycles. The number of aromatic nitrogens is 12. The predicted molar refractivity (Wildman–Crippen MR) is 477 cm³/mol. The van der Waals surface area contributed by atoms with E-state index in [-0.39, 0.29) is 69.3 Å². The molecule has 0 unspecified atom stereocenters. The van der Waals surface area contributed by atoms with Crippen LogP contribution in [0.2, 0.25) is 50.2 Å². The Bertz CT molecular complexity index is 5800. The molecule has 24 nitrogen and oxygen atoms in total. The highest BCUT2D eigenvalue weighted by molar-refractivity contribution is 6.40. The van der Waals surface area contributed by atoms with Crippen LogP contribution in [0.5, 0.6) is 34.5 Å². The maximum atomic E-state index is 13.8. The average Bonchev–Trinajstić information content (AvgIpc) is 1.51. The van der Waals surface area contributed by atoms with Crippen LogP contribution in [0.1, 0.15) is 114 Å². The van der Waals surface area contributed by atoms with Gasteiger partial charge in [-0.1, -0.05) is 130 Å². The fourth-order valence-electron chi connectivity index (χ4n) is 13.6. The first-order chi connectivity index (χ1) is 56.9. The molecule has 0 bridgehead atoms. The number of benzene rings is 6. The van der Waals surface area contributed by atoms with Gasteiger partial charge in [-0.05, 0) is 177 Å². The molecule has 6 aromatic carbocycles. The molecule has 12 aromatic rings. The van der Waals surface area contributed by atoms with Gasteiger partial charge in [-0.25, -0.2) is 68.6 Å². The zero-order valence-electron chi connectivity index (χ0n) is 67.0. The molecular formula is C84H82Cl10F2N18O6. The molecule has 36 heteroatoms. The van der Waals surface area contributed by atoms with Crippen molar-refractivity contribution in [1.82, 2.24) is 59.8 Å². The van der Waals surface area contributed by atoms with Crippen molar-refractivity contribution in [3.05, 3.63) is 202 Å². The quantitative estimate of drug-likeness (QED) is 0.0661. The molecule has 6 aromatic heterocycles. The molecule has 0 amide bonds. The third-order valence-corrected chi connectivity index (χ3v) is 22.3. The van der Waals surface area contributed by atoms with E-state index in [2.05, 4.69) is 73.7 Å². The highest BCUT2D eigenvalue weighted by Gasteiger charge is 2.30. The van der Waals surface area contributed by atoms with Crippen LogP contribution < -0.4 is 62.8 Å². The second kappa shape index (κ2) is 39.3. The summed E-state index contributed by atoms with van der Waals surface area (Å²) in [5.74, 6) is 3.32. The summed E-state index contributed by atoms with van der Waals surface area (Å²) in [5, 5.41) is 4.65. The van der Waals surface area contributed by atoms with E-state index in [0.29, 0.717) is 110 Å². The number of rotatable bonds is 12. The summed E-state index contributed by atoms with van der Waals surface area (Å²) in [6, 6.07) is 19.4. The van der Waals surface area contributed by atoms with Crippen LogP contribution >= 0.6 is 116 Å². The number of hydrogen-bond acceptors (Lipinski definition) is 24. The average molecular weight is 1830 g/mol. The number of nitrogens with zero attached hydrogens (tertiary/aromatic N) is 12. The smallest absolute Gasteiger partial charge is 0.220 e. The van der Waals surface area contributed by atoms with Gasteiger partial charge in [0.1, 0.15) is 23.0 Å². The molecule has 0 fully saturated rings. The van der Waals surface area contributed by atoms with Gasteiger partial charge in [-0.15, -0.1) is 0 Å². The van der Waals surface area contributed by atoms with Crippen molar-refractivity contribution >= 4 is 152 Å². The molecule has 12 N–H and O–H groups in total. The number of nitrogens with two attached hydrogens (primary N) is 6. The summed E-state index contributed by atoms with van der Waals surface area (Å²) in [7, 11) is 4.53. The number of nitrogen functional groups attached to an aromatic ring is 6. The largest absolute Gasteiger partial charge is 0.495 e. The van der Waals surface area contributed by atoms with Crippen LogP contribution in [0, 0.1) is 46.3 Å².